The molecule has 0 saturated heterocycles. The Morgan fingerprint density at radius 1 is 1.38 bits per heavy atom. The van der Waals surface area contributed by atoms with Crippen LogP contribution in [0.15, 0.2) is 36.5 Å². The quantitative estimate of drug-likeness (QED) is 0.668. The van der Waals surface area contributed by atoms with Crippen LogP contribution >= 0.6 is 0 Å². The van der Waals surface area contributed by atoms with E-state index in [0.717, 1.165) is 18.4 Å². The van der Waals surface area contributed by atoms with Gasteiger partial charge in [-0.1, -0.05) is 30.9 Å². The van der Waals surface area contributed by atoms with Gasteiger partial charge < -0.3 is 5.11 Å². The van der Waals surface area contributed by atoms with Gasteiger partial charge in [-0.15, -0.1) is 0 Å². The van der Waals surface area contributed by atoms with Crippen molar-refractivity contribution in [3.63, 3.8) is 0 Å². The van der Waals surface area contributed by atoms with Gasteiger partial charge in [-0.2, -0.15) is 0 Å². The number of fused-ring (bicyclic) bond motifs is 1. The van der Waals surface area contributed by atoms with E-state index in [2.05, 4.69) is 26.7 Å². The Balaban J connectivity index is 2.34. The molecular weight excluding hydrogens is 196 g/mol. The minimum absolute atomic E-state index is 0.327. The molecule has 0 radical (unpaired) electrons. The van der Waals surface area contributed by atoms with Gasteiger partial charge in [0.05, 0.1) is 6.10 Å². The fraction of sp³-hybridized carbons (Fsp3) is 0.600. The van der Waals surface area contributed by atoms with Gasteiger partial charge in [-0.05, 0) is 55.9 Å². The lowest BCUT2D eigenvalue weighted by molar-refractivity contribution is 0.211. The van der Waals surface area contributed by atoms with E-state index in [4.69, 9.17) is 0 Å². The van der Waals surface area contributed by atoms with E-state index >= 15 is 0 Å². The van der Waals surface area contributed by atoms with E-state index < -0.39 is 0 Å². The molecule has 2 rings (SSSR count). The van der Waals surface area contributed by atoms with Gasteiger partial charge in [0.15, 0.2) is 0 Å². The Bertz CT molecular complexity index is 337. The average Bonchev–Trinajstić information content (AvgIpc) is 2.42. The van der Waals surface area contributed by atoms with Crippen LogP contribution in [0, 0.1) is 17.8 Å². The zero-order chi connectivity index (χ0) is 11.9. The molecule has 0 aromatic heterocycles. The van der Waals surface area contributed by atoms with E-state index in [9.17, 15) is 5.11 Å². The van der Waals surface area contributed by atoms with Crippen molar-refractivity contribution in [3.8, 4) is 0 Å². The van der Waals surface area contributed by atoms with Gasteiger partial charge >= 0.3 is 0 Å². The van der Waals surface area contributed by atoms with Crippen molar-refractivity contribution in [1.82, 2.24) is 0 Å². The van der Waals surface area contributed by atoms with Gasteiger partial charge in [0.1, 0.15) is 0 Å². The SMILES string of the molecule is C=C1[C@@H]2[C@H](C[C@H]1O)C(=C)CCC[C@H]2C(=C)C. The van der Waals surface area contributed by atoms with Crippen molar-refractivity contribution in [3.05, 3.63) is 36.5 Å². The molecule has 2 aliphatic rings. The lowest BCUT2D eigenvalue weighted by atomic mass is 9.77. The molecule has 1 heteroatoms. The number of hydrogen-bond acceptors (Lipinski definition) is 1. The molecule has 16 heavy (non-hydrogen) atoms. The molecule has 0 unspecified atom stereocenters. The fourth-order valence-electron chi connectivity index (χ4n) is 3.45. The second-order valence-electron chi connectivity index (χ2n) is 5.46. The van der Waals surface area contributed by atoms with Gasteiger partial charge in [0.2, 0.25) is 0 Å². The van der Waals surface area contributed by atoms with Crippen molar-refractivity contribution in [2.45, 2.75) is 38.7 Å². The van der Waals surface area contributed by atoms with Crippen LogP contribution in [-0.2, 0) is 0 Å². The summed E-state index contributed by atoms with van der Waals surface area (Å²) in [7, 11) is 0. The first-order chi connectivity index (χ1) is 7.52. The highest BCUT2D eigenvalue weighted by molar-refractivity contribution is 5.27. The first kappa shape index (κ1) is 11.7. The predicted octanol–water partition coefficient (Wildman–Crippen LogP) is 3.47. The maximum absolute atomic E-state index is 9.97. The molecule has 0 bridgehead atoms. The molecule has 0 aromatic carbocycles. The Labute approximate surface area is 98.6 Å². The summed E-state index contributed by atoms with van der Waals surface area (Å²) >= 11 is 0. The first-order valence-corrected chi connectivity index (χ1v) is 6.22. The number of allylic oxidation sites excluding steroid dienone is 2. The van der Waals surface area contributed by atoms with Crippen LogP contribution in [0.1, 0.15) is 32.6 Å². The van der Waals surface area contributed by atoms with Gasteiger partial charge in [0.25, 0.3) is 0 Å². The summed E-state index contributed by atoms with van der Waals surface area (Å²) in [6, 6.07) is 0. The maximum atomic E-state index is 9.97. The predicted molar refractivity (Wildman–Crippen MR) is 68.0 cm³/mol. The van der Waals surface area contributed by atoms with Crippen LogP contribution in [0.2, 0.25) is 0 Å². The third-order valence-corrected chi connectivity index (χ3v) is 4.37. The van der Waals surface area contributed by atoms with E-state index in [1.807, 2.05) is 0 Å². The monoisotopic (exact) mass is 218 g/mol. The Morgan fingerprint density at radius 2 is 2.06 bits per heavy atom. The highest BCUT2D eigenvalue weighted by atomic mass is 16.3. The van der Waals surface area contributed by atoms with E-state index in [1.54, 1.807) is 0 Å². The Hall–Kier alpha value is -0.820. The van der Waals surface area contributed by atoms with Crippen molar-refractivity contribution < 1.29 is 5.11 Å². The molecule has 0 heterocycles. The van der Waals surface area contributed by atoms with E-state index in [0.29, 0.717) is 17.8 Å². The van der Waals surface area contributed by atoms with Crippen LogP contribution < -0.4 is 0 Å². The first-order valence-electron chi connectivity index (χ1n) is 6.22. The maximum Gasteiger partial charge on any atom is 0.0756 e. The summed E-state index contributed by atoms with van der Waals surface area (Å²) in [6.45, 7) is 14.5. The zero-order valence-corrected chi connectivity index (χ0v) is 10.2. The number of aliphatic hydroxyl groups is 1. The highest BCUT2D eigenvalue weighted by Gasteiger charge is 2.43. The van der Waals surface area contributed by atoms with E-state index in [-0.39, 0.29) is 6.10 Å². The topological polar surface area (TPSA) is 20.2 Å². The number of hydrogen-bond donors (Lipinski definition) is 1. The van der Waals surface area contributed by atoms with Crippen molar-refractivity contribution in [2.24, 2.45) is 17.8 Å². The lowest BCUT2D eigenvalue weighted by Crippen LogP contribution is -2.20. The number of aliphatic hydroxyl groups excluding tert-OH is 1. The molecule has 4 atom stereocenters. The molecule has 0 aromatic rings. The van der Waals surface area contributed by atoms with Crippen LogP contribution in [0.25, 0.3) is 0 Å². The van der Waals surface area contributed by atoms with Crippen LogP contribution in [0.4, 0.5) is 0 Å². The largest absolute Gasteiger partial charge is 0.389 e. The third kappa shape index (κ3) is 1.78. The lowest BCUT2D eigenvalue weighted by Gasteiger charge is -2.27. The number of rotatable bonds is 1. The molecule has 0 amide bonds. The molecular formula is C15H22O. The molecule has 0 spiro atoms. The summed E-state index contributed by atoms with van der Waals surface area (Å²) in [4.78, 5) is 0. The Kier molecular flexibility index (Phi) is 3.07. The second-order valence-corrected chi connectivity index (χ2v) is 5.46. The summed E-state index contributed by atoms with van der Waals surface area (Å²) in [6.07, 6.45) is 3.97. The molecule has 1 nitrogen and oxygen atoms in total. The smallest absolute Gasteiger partial charge is 0.0756 e. The normalized spacial score (nSPS) is 39.4. The molecule has 2 saturated carbocycles. The summed E-state index contributed by atoms with van der Waals surface area (Å²) < 4.78 is 0. The van der Waals surface area contributed by atoms with Gasteiger partial charge in [0, 0.05) is 0 Å². The zero-order valence-electron chi connectivity index (χ0n) is 10.2. The second kappa shape index (κ2) is 4.21. The van der Waals surface area contributed by atoms with E-state index in [1.165, 1.54) is 24.0 Å². The van der Waals surface area contributed by atoms with Crippen molar-refractivity contribution in [2.75, 3.05) is 0 Å². The average molecular weight is 218 g/mol. The minimum Gasteiger partial charge on any atom is -0.389 e. The standard InChI is InChI=1S/C15H22O/c1-9(2)12-7-5-6-10(3)13-8-14(16)11(4)15(12)13/h12-16H,1,3-8H2,2H3/t12-,13+,14+,15-/m0/s1. The molecule has 2 fully saturated rings. The highest BCUT2D eigenvalue weighted by Crippen LogP contribution is 2.50. The van der Waals surface area contributed by atoms with Gasteiger partial charge in [-0.25, -0.2) is 0 Å². The van der Waals surface area contributed by atoms with Crippen LogP contribution in [-0.4, -0.2) is 11.2 Å². The summed E-state index contributed by atoms with van der Waals surface area (Å²) in [5.41, 5.74) is 3.56. The van der Waals surface area contributed by atoms with Crippen molar-refractivity contribution in [1.29, 1.82) is 0 Å². The Morgan fingerprint density at radius 3 is 2.69 bits per heavy atom. The molecule has 1 N–H and O–H groups in total. The minimum atomic E-state index is -0.327. The van der Waals surface area contributed by atoms with Crippen LogP contribution in [0.5, 0.6) is 0 Å². The fourth-order valence-corrected chi connectivity index (χ4v) is 3.45. The third-order valence-electron chi connectivity index (χ3n) is 4.37. The van der Waals surface area contributed by atoms with Gasteiger partial charge in [-0.3, -0.25) is 0 Å². The molecule has 0 aliphatic heterocycles. The van der Waals surface area contributed by atoms with Crippen LogP contribution in [0.3, 0.4) is 0 Å². The van der Waals surface area contributed by atoms with Crippen molar-refractivity contribution >= 4 is 0 Å². The molecule has 2 aliphatic carbocycles. The molecule has 88 valence electrons. The summed E-state index contributed by atoms with van der Waals surface area (Å²) in [5, 5.41) is 9.97. The summed E-state index contributed by atoms with van der Waals surface area (Å²) in [5.74, 6) is 1.32.